The van der Waals surface area contributed by atoms with Gasteiger partial charge in [-0.15, -0.1) is 0 Å². The number of benzene rings is 1. The number of carbonyl (C=O) groups excluding carboxylic acids is 1. The molecule has 0 bridgehead atoms. The van der Waals surface area contributed by atoms with E-state index in [-0.39, 0.29) is 23.7 Å². The fourth-order valence-corrected chi connectivity index (χ4v) is 3.33. The lowest BCUT2D eigenvalue weighted by Gasteiger charge is -2.31. The molecule has 4 heteroatoms. The number of nitrogens with one attached hydrogen (secondary N) is 1. The molecular formula is C16H21FN2O. The SMILES string of the molecule is CC(C)c1cc(F)cc2c1CN(C1CCCNC1)C2=O. The number of hydrogen-bond donors (Lipinski definition) is 1. The van der Waals surface area contributed by atoms with Gasteiger partial charge in [-0.1, -0.05) is 13.8 Å². The lowest BCUT2D eigenvalue weighted by molar-refractivity contribution is 0.0674. The van der Waals surface area contributed by atoms with E-state index in [9.17, 15) is 9.18 Å². The maximum atomic E-state index is 13.7. The minimum absolute atomic E-state index is 0.00454. The number of halogens is 1. The molecule has 0 aromatic heterocycles. The number of piperidine rings is 1. The fourth-order valence-electron chi connectivity index (χ4n) is 3.33. The third-order valence-electron chi connectivity index (χ3n) is 4.40. The van der Waals surface area contributed by atoms with Crippen LogP contribution in [-0.4, -0.2) is 29.9 Å². The zero-order chi connectivity index (χ0) is 14.3. The van der Waals surface area contributed by atoms with Gasteiger partial charge in [0.25, 0.3) is 5.91 Å². The Labute approximate surface area is 119 Å². The molecule has 1 amide bonds. The quantitative estimate of drug-likeness (QED) is 0.900. The number of nitrogens with zero attached hydrogens (tertiary/aromatic N) is 1. The molecule has 1 atom stereocenters. The van der Waals surface area contributed by atoms with E-state index in [4.69, 9.17) is 0 Å². The van der Waals surface area contributed by atoms with Crippen molar-refractivity contribution in [2.75, 3.05) is 13.1 Å². The number of rotatable bonds is 2. The van der Waals surface area contributed by atoms with Crippen LogP contribution in [0.25, 0.3) is 0 Å². The lowest BCUT2D eigenvalue weighted by atomic mass is 9.94. The fraction of sp³-hybridized carbons (Fsp3) is 0.562. The van der Waals surface area contributed by atoms with Crippen LogP contribution >= 0.6 is 0 Å². The van der Waals surface area contributed by atoms with Crippen molar-refractivity contribution in [3.63, 3.8) is 0 Å². The molecule has 1 saturated heterocycles. The first-order chi connectivity index (χ1) is 9.58. The summed E-state index contributed by atoms with van der Waals surface area (Å²) in [5, 5.41) is 3.34. The first-order valence-electron chi connectivity index (χ1n) is 7.42. The molecule has 20 heavy (non-hydrogen) atoms. The van der Waals surface area contributed by atoms with E-state index >= 15 is 0 Å². The Morgan fingerprint density at radius 3 is 2.85 bits per heavy atom. The summed E-state index contributed by atoms with van der Waals surface area (Å²) < 4.78 is 13.7. The van der Waals surface area contributed by atoms with Crippen LogP contribution in [0.3, 0.4) is 0 Å². The number of fused-ring (bicyclic) bond motifs is 1. The first kappa shape index (κ1) is 13.6. The normalized spacial score (nSPS) is 22.5. The van der Waals surface area contributed by atoms with Crippen LogP contribution in [0, 0.1) is 5.82 Å². The van der Waals surface area contributed by atoms with Crippen molar-refractivity contribution in [2.24, 2.45) is 0 Å². The minimum atomic E-state index is -0.301. The summed E-state index contributed by atoms with van der Waals surface area (Å²) >= 11 is 0. The summed E-state index contributed by atoms with van der Waals surface area (Å²) in [6, 6.07) is 3.23. The Bertz CT molecular complexity index is 536. The highest BCUT2D eigenvalue weighted by Crippen LogP contribution is 2.33. The highest BCUT2D eigenvalue weighted by molar-refractivity contribution is 5.99. The zero-order valence-corrected chi connectivity index (χ0v) is 12.1. The van der Waals surface area contributed by atoms with Gasteiger partial charge in [-0.2, -0.15) is 0 Å². The van der Waals surface area contributed by atoms with Gasteiger partial charge in [-0.05, 0) is 48.6 Å². The van der Waals surface area contributed by atoms with E-state index in [1.165, 1.54) is 6.07 Å². The molecule has 3 rings (SSSR count). The van der Waals surface area contributed by atoms with Crippen molar-refractivity contribution >= 4 is 5.91 Å². The summed E-state index contributed by atoms with van der Waals surface area (Å²) in [7, 11) is 0. The number of hydrogen-bond acceptors (Lipinski definition) is 2. The van der Waals surface area contributed by atoms with Crippen LogP contribution in [0.5, 0.6) is 0 Å². The van der Waals surface area contributed by atoms with Gasteiger partial charge in [0, 0.05) is 24.7 Å². The second kappa shape index (κ2) is 5.17. The Morgan fingerprint density at radius 1 is 1.40 bits per heavy atom. The molecule has 1 fully saturated rings. The largest absolute Gasteiger partial charge is 0.330 e. The maximum absolute atomic E-state index is 13.7. The molecule has 0 radical (unpaired) electrons. The molecule has 2 heterocycles. The molecule has 1 aromatic carbocycles. The van der Waals surface area contributed by atoms with E-state index < -0.39 is 0 Å². The smallest absolute Gasteiger partial charge is 0.254 e. The summed E-state index contributed by atoms with van der Waals surface area (Å²) in [6.07, 6.45) is 2.13. The number of amides is 1. The molecule has 0 aliphatic carbocycles. The van der Waals surface area contributed by atoms with E-state index in [0.717, 1.165) is 37.1 Å². The van der Waals surface area contributed by atoms with Crippen LogP contribution in [0.15, 0.2) is 12.1 Å². The standard InChI is InChI=1S/C16H21FN2O/c1-10(2)13-6-11(17)7-14-15(13)9-19(16(14)20)12-4-3-5-18-8-12/h6-7,10,12,18H,3-5,8-9H2,1-2H3. The average Bonchev–Trinajstić information content (AvgIpc) is 2.76. The van der Waals surface area contributed by atoms with Crippen molar-refractivity contribution in [3.05, 3.63) is 34.6 Å². The summed E-state index contributed by atoms with van der Waals surface area (Å²) in [5.41, 5.74) is 2.57. The second-order valence-electron chi connectivity index (χ2n) is 6.11. The van der Waals surface area contributed by atoms with Crippen molar-refractivity contribution in [3.8, 4) is 0 Å². The van der Waals surface area contributed by atoms with Gasteiger partial charge in [-0.25, -0.2) is 4.39 Å². The van der Waals surface area contributed by atoms with Crippen molar-refractivity contribution in [1.82, 2.24) is 10.2 Å². The Morgan fingerprint density at radius 2 is 2.20 bits per heavy atom. The van der Waals surface area contributed by atoms with E-state index in [0.29, 0.717) is 12.1 Å². The van der Waals surface area contributed by atoms with Crippen LogP contribution in [0.2, 0.25) is 0 Å². The predicted octanol–water partition coefficient (Wildman–Crippen LogP) is 2.66. The topological polar surface area (TPSA) is 32.3 Å². The average molecular weight is 276 g/mol. The highest BCUT2D eigenvalue weighted by atomic mass is 19.1. The third-order valence-corrected chi connectivity index (χ3v) is 4.40. The van der Waals surface area contributed by atoms with E-state index in [1.807, 2.05) is 18.7 Å². The Kier molecular flexibility index (Phi) is 3.50. The van der Waals surface area contributed by atoms with Crippen molar-refractivity contribution in [1.29, 1.82) is 0 Å². The molecule has 1 N–H and O–H groups in total. The molecule has 3 nitrogen and oxygen atoms in total. The van der Waals surface area contributed by atoms with Crippen LogP contribution in [0.4, 0.5) is 4.39 Å². The van der Waals surface area contributed by atoms with E-state index in [2.05, 4.69) is 5.32 Å². The van der Waals surface area contributed by atoms with Crippen LogP contribution < -0.4 is 5.32 Å². The Hall–Kier alpha value is -1.42. The van der Waals surface area contributed by atoms with Gasteiger partial charge < -0.3 is 10.2 Å². The van der Waals surface area contributed by atoms with Crippen LogP contribution in [0.1, 0.15) is 54.1 Å². The molecule has 2 aliphatic heterocycles. The Balaban J connectivity index is 1.95. The van der Waals surface area contributed by atoms with Crippen molar-refractivity contribution < 1.29 is 9.18 Å². The highest BCUT2D eigenvalue weighted by Gasteiger charge is 2.35. The maximum Gasteiger partial charge on any atom is 0.254 e. The van der Waals surface area contributed by atoms with Gasteiger partial charge in [0.1, 0.15) is 5.82 Å². The summed E-state index contributed by atoms with van der Waals surface area (Å²) in [5.74, 6) is -0.0730. The molecular weight excluding hydrogens is 255 g/mol. The second-order valence-corrected chi connectivity index (χ2v) is 6.11. The summed E-state index contributed by atoms with van der Waals surface area (Å²) in [6.45, 7) is 6.60. The van der Waals surface area contributed by atoms with Gasteiger partial charge in [0.05, 0.1) is 0 Å². The molecule has 0 saturated carbocycles. The van der Waals surface area contributed by atoms with E-state index in [1.54, 1.807) is 6.07 Å². The van der Waals surface area contributed by atoms with Gasteiger partial charge in [0.15, 0.2) is 0 Å². The predicted molar refractivity (Wildman–Crippen MR) is 76.3 cm³/mol. The zero-order valence-electron chi connectivity index (χ0n) is 12.1. The molecule has 2 aliphatic rings. The lowest BCUT2D eigenvalue weighted by Crippen LogP contribution is -2.46. The molecule has 108 valence electrons. The van der Waals surface area contributed by atoms with Crippen LogP contribution in [-0.2, 0) is 6.54 Å². The van der Waals surface area contributed by atoms with Gasteiger partial charge >= 0.3 is 0 Å². The number of carbonyl (C=O) groups is 1. The monoisotopic (exact) mass is 276 g/mol. The molecule has 0 spiro atoms. The molecule has 1 aromatic rings. The minimum Gasteiger partial charge on any atom is -0.330 e. The molecule has 1 unspecified atom stereocenters. The van der Waals surface area contributed by atoms with Gasteiger partial charge in [0.2, 0.25) is 0 Å². The van der Waals surface area contributed by atoms with Gasteiger partial charge in [-0.3, -0.25) is 4.79 Å². The van der Waals surface area contributed by atoms with Crippen molar-refractivity contribution in [2.45, 2.75) is 45.2 Å². The third kappa shape index (κ3) is 2.22. The first-order valence-corrected chi connectivity index (χ1v) is 7.42. The summed E-state index contributed by atoms with van der Waals surface area (Å²) in [4.78, 5) is 14.5.